The molecule has 28 valence electrons. The monoisotopic (exact) mass is 130 g/mol. The van der Waals surface area contributed by atoms with E-state index in [2.05, 4.69) is 0 Å². The summed E-state index contributed by atoms with van der Waals surface area (Å²) >= 11 is 0. The zero-order valence-electron chi connectivity index (χ0n) is 5.06. The summed E-state index contributed by atoms with van der Waals surface area (Å²) in [7, 11) is 0. The molecule has 0 unspecified atom stereocenters. The van der Waals surface area contributed by atoms with Gasteiger partial charge in [-0.25, -0.2) is 0 Å². The Kier molecular flexibility index (Phi) is 51.3. The number of hydrogen-bond acceptors (Lipinski definition) is 1. The number of hydrogen-bond donors (Lipinski definition) is 1. The molecule has 2 nitrogen and oxygen atoms in total. The predicted molar refractivity (Wildman–Crippen MR) is 30.6 cm³/mol. The van der Waals surface area contributed by atoms with E-state index < -0.39 is 5.97 Å². The van der Waals surface area contributed by atoms with E-state index in [1.165, 1.54) is 0 Å². The molecule has 0 aliphatic heterocycles. The molecule has 0 fully saturated rings. The number of rotatable bonds is 0. The number of carboxylic acids is 1. The van der Waals surface area contributed by atoms with Crippen molar-refractivity contribution < 1.29 is 9.90 Å². The molecule has 0 atom stereocenters. The van der Waals surface area contributed by atoms with Crippen LogP contribution in [-0.2, 0) is 4.79 Å². The van der Waals surface area contributed by atoms with Crippen molar-refractivity contribution >= 4 is 88.1 Å². The van der Waals surface area contributed by atoms with Crippen LogP contribution in [0.4, 0.5) is 0 Å². The van der Waals surface area contributed by atoms with Gasteiger partial charge in [0.15, 0.2) is 0 Å². The fourth-order valence-corrected chi connectivity index (χ4v) is 0. The molecule has 1 N–H and O–H groups in total. The quantitative estimate of drug-likeness (QED) is 0.425. The van der Waals surface area contributed by atoms with Crippen LogP contribution in [0.5, 0.6) is 0 Å². The maximum absolute atomic E-state index is 9.00. The molecule has 0 aliphatic rings. The van der Waals surface area contributed by atoms with Crippen LogP contribution in [0.25, 0.3) is 0 Å². The first kappa shape index (κ1) is 22.9. The van der Waals surface area contributed by atoms with E-state index >= 15 is 0 Å². The molecular weight excluding hydrogens is 126 g/mol. The van der Waals surface area contributed by atoms with Crippen LogP contribution in [0, 0.1) is 0 Å². The molecule has 0 aromatic carbocycles. The van der Waals surface area contributed by atoms with Gasteiger partial charge in [0.2, 0.25) is 0 Å². The first-order chi connectivity index (χ1) is 1.73. The summed E-state index contributed by atoms with van der Waals surface area (Å²) in [5.41, 5.74) is 0. The summed E-state index contributed by atoms with van der Waals surface area (Å²) in [5, 5.41) is 7.42. The van der Waals surface area contributed by atoms with E-state index in [0.717, 1.165) is 6.92 Å². The SMILES string of the molecule is CC(=O)O.[Mg].[Na].[Na]. The summed E-state index contributed by atoms with van der Waals surface area (Å²) < 4.78 is 0. The van der Waals surface area contributed by atoms with E-state index in [4.69, 9.17) is 9.90 Å². The molecule has 7 heavy (non-hydrogen) atoms. The van der Waals surface area contributed by atoms with Crippen molar-refractivity contribution in [2.45, 2.75) is 6.92 Å². The summed E-state index contributed by atoms with van der Waals surface area (Å²) in [4.78, 5) is 9.00. The molecule has 0 rings (SSSR count). The summed E-state index contributed by atoms with van der Waals surface area (Å²) in [6.45, 7) is 1.08. The third-order valence-corrected chi connectivity index (χ3v) is 0. The van der Waals surface area contributed by atoms with E-state index in [0.29, 0.717) is 0 Å². The summed E-state index contributed by atoms with van der Waals surface area (Å²) in [5.74, 6) is -0.833. The van der Waals surface area contributed by atoms with Crippen molar-refractivity contribution in [1.82, 2.24) is 0 Å². The van der Waals surface area contributed by atoms with E-state index in [1.54, 1.807) is 0 Å². The molecule has 0 spiro atoms. The minimum absolute atomic E-state index is 0. The van der Waals surface area contributed by atoms with Crippen LogP contribution in [0.1, 0.15) is 6.92 Å². The second-order valence-corrected chi connectivity index (χ2v) is 0.519. The fourth-order valence-electron chi connectivity index (χ4n) is 0. The van der Waals surface area contributed by atoms with Gasteiger partial charge in [0.05, 0.1) is 0 Å². The van der Waals surface area contributed by atoms with E-state index in [1.807, 2.05) is 0 Å². The largest absolute Gasteiger partial charge is 0.481 e. The topological polar surface area (TPSA) is 37.3 Å². The first-order valence-electron chi connectivity index (χ1n) is 0.928. The zero-order valence-corrected chi connectivity index (χ0v) is 10.5. The molecular formula is C2H4MgNa2O2. The molecule has 4 radical (unpaired) electrons. The average Bonchev–Trinajstić information content (AvgIpc) is 0.811. The standard InChI is InChI=1S/C2H4O2.Mg.2Na/c1-2(3)4;;;/h1H3,(H,3,4);;;. The van der Waals surface area contributed by atoms with Crippen LogP contribution >= 0.6 is 0 Å². The molecule has 0 bridgehead atoms. The molecule has 0 aliphatic carbocycles. The third-order valence-electron chi connectivity index (χ3n) is 0. The molecule has 0 saturated carbocycles. The summed E-state index contributed by atoms with van der Waals surface area (Å²) in [6, 6.07) is 0. The second-order valence-electron chi connectivity index (χ2n) is 0.519. The van der Waals surface area contributed by atoms with Crippen LogP contribution < -0.4 is 0 Å². The van der Waals surface area contributed by atoms with Crippen molar-refractivity contribution in [3.05, 3.63) is 0 Å². The Morgan fingerprint density at radius 3 is 1.43 bits per heavy atom. The van der Waals surface area contributed by atoms with Crippen LogP contribution in [-0.4, -0.2) is 93.2 Å². The van der Waals surface area contributed by atoms with Gasteiger partial charge < -0.3 is 5.11 Å². The maximum Gasteiger partial charge on any atom is 0.300 e. The Hall–Kier alpha value is 2.24. The van der Waals surface area contributed by atoms with Gasteiger partial charge in [-0.1, -0.05) is 0 Å². The number of carboxylic acid groups (broad SMARTS) is 1. The van der Waals surface area contributed by atoms with Gasteiger partial charge in [-0.05, 0) is 0 Å². The minimum atomic E-state index is -0.833. The van der Waals surface area contributed by atoms with Gasteiger partial charge in [-0.15, -0.1) is 0 Å². The zero-order chi connectivity index (χ0) is 3.58. The molecule has 0 saturated heterocycles. The first-order valence-corrected chi connectivity index (χ1v) is 0.928. The molecule has 5 heteroatoms. The van der Waals surface area contributed by atoms with Gasteiger partial charge in [0.25, 0.3) is 5.97 Å². The smallest absolute Gasteiger partial charge is 0.300 e. The van der Waals surface area contributed by atoms with Gasteiger partial charge in [0.1, 0.15) is 0 Å². The van der Waals surface area contributed by atoms with Crippen molar-refractivity contribution in [2.75, 3.05) is 0 Å². The van der Waals surface area contributed by atoms with Crippen molar-refractivity contribution in [3.8, 4) is 0 Å². The van der Waals surface area contributed by atoms with Crippen molar-refractivity contribution in [3.63, 3.8) is 0 Å². The van der Waals surface area contributed by atoms with E-state index in [-0.39, 0.29) is 82.2 Å². The normalized spacial score (nSPS) is 3.57. The van der Waals surface area contributed by atoms with Crippen LogP contribution in [0.2, 0.25) is 0 Å². The third kappa shape index (κ3) is 64.1. The Labute approximate surface area is 103 Å². The fraction of sp³-hybridized carbons (Fsp3) is 0.500. The van der Waals surface area contributed by atoms with Gasteiger partial charge in [-0.2, -0.15) is 0 Å². The van der Waals surface area contributed by atoms with E-state index in [9.17, 15) is 0 Å². The summed E-state index contributed by atoms with van der Waals surface area (Å²) in [6.07, 6.45) is 0. The number of aliphatic carboxylic acids is 1. The predicted octanol–water partition coefficient (Wildman–Crippen LogP) is -1.05. The Morgan fingerprint density at radius 2 is 1.43 bits per heavy atom. The molecule has 0 amide bonds. The van der Waals surface area contributed by atoms with Crippen molar-refractivity contribution in [2.24, 2.45) is 0 Å². The Morgan fingerprint density at radius 1 is 1.43 bits per heavy atom. The Balaban J connectivity index is -0.0000000150. The van der Waals surface area contributed by atoms with Crippen molar-refractivity contribution in [1.29, 1.82) is 0 Å². The van der Waals surface area contributed by atoms with Crippen LogP contribution in [0.15, 0.2) is 0 Å². The second kappa shape index (κ2) is 15.7. The molecule has 0 heterocycles. The molecule has 0 aromatic rings. The van der Waals surface area contributed by atoms with Gasteiger partial charge in [-0.3, -0.25) is 4.79 Å². The molecule has 0 aromatic heterocycles. The average molecular weight is 130 g/mol. The maximum atomic E-state index is 9.00. The Bertz CT molecular complexity index is 36.7. The van der Waals surface area contributed by atoms with Gasteiger partial charge in [0, 0.05) is 89.1 Å². The minimum Gasteiger partial charge on any atom is -0.481 e. The van der Waals surface area contributed by atoms with Gasteiger partial charge >= 0.3 is 0 Å². The van der Waals surface area contributed by atoms with Crippen LogP contribution in [0.3, 0.4) is 0 Å². The number of carbonyl (C=O) groups is 1.